The first kappa shape index (κ1) is 12.4. The zero-order valence-corrected chi connectivity index (χ0v) is 10.4. The standard InChI is InChI=1S/C13H21N3O/c1-17-13-5-3-2-4-11(13)12(14)10-16-8-6-15-7-9-16/h2-5,12,15H,6-10,14H2,1H3. The van der Waals surface area contributed by atoms with Gasteiger partial charge in [-0.25, -0.2) is 0 Å². The minimum absolute atomic E-state index is 0.0178. The molecule has 1 atom stereocenters. The van der Waals surface area contributed by atoms with Crippen molar-refractivity contribution in [1.82, 2.24) is 10.2 Å². The van der Waals surface area contributed by atoms with Gasteiger partial charge in [-0.2, -0.15) is 0 Å². The smallest absolute Gasteiger partial charge is 0.123 e. The number of methoxy groups -OCH3 is 1. The molecular weight excluding hydrogens is 214 g/mol. The fourth-order valence-corrected chi connectivity index (χ4v) is 2.24. The number of nitrogens with zero attached hydrogens (tertiary/aromatic N) is 1. The maximum absolute atomic E-state index is 6.26. The Morgan fingerprint density at radius 3 is 2.76 bits per heavy atom. The number of nitrogens with two attached hydrogens (primary N) is 1. The summed E-state index contributed by atoms with van der Waals surface area (Å²) in [5, 5.41) is 3.34. The highest BCUT2D eigenvalue weighted by Gasteiger charge is 2.16. The maximum atomic E-state index is 6.26. The van der Waals surface area contributed by atoms with Crippen LogP contribution in [-0.2, 0) is 0 Å². The van der Waals surface area contributed by atoms with Gasteiger partial charge in [0.25, 0.3) is 0 Å². The topological polar surface area (TPSA) is 50.5 Å². The molecule has 0 amide bonds. The molecule has 3 N–H and O–H groups in total. The van der Waals surface area contributed by atoms with Gasteiger partial charge in [-0.1, -0.05) is 18.2 Å². The van der Waals surface area contributed by atoms with Crippen molar-refractivity contribution in [3.63, 3.8) is 0 Å². The lowest BCUT2D eigenvalue weighted by atomic mass is 10.1. The first-order valence-corrected chi connectivity index (χ1v) is 6.13. The number of nitrogens with one attached hydrogen (secondary N) is 1. The van der Waals surface area contributed by atoms with Crippen molar-refractivity contribution in [2.75, 3.05) is 39.8 Å². The number of piperazine rings is 1. The molecule has 1 aliphatic rings. The van der Waals surface area contributed by atoms with Crippen LogP contribution in [0.2, 0.25) is 0 Å². The van der Waals surface area contributed by atoms with E-state index < -0.39 is 0 Å². The molecule has 4 nitrogen and oxygen atoms in total. The van der Waals surface area contributed by atoms with E-state index in [0.29, 0.717) is 0 Å². The summed E-state index contributed by atoms with van der Waals surface area (Å²) in [6.45, 7) is 5.14. The van der Waals surface area contributed by atoms with Crippen molar-refractivity contribution in [1.29, 1.82) is 0 Å². The minimum Gasteiger partial charge on any atom is -0.496 e. The summed E-state index contributed by atoms with van der Waals surface area (Å²) in [7, 11) is 1.69. The molecule has 0 aromatic heterocycles. The van der Waals surface area contributed by atoms with Gasteiger partial charge in [0.2, 0.25) is 0 Å². The Kier molecular flexibility index (Phi) is 4.36. The number of para-hydroxylation sites is 1. The van der Waals surface area contributed by atoms with Gasteiger partial charge in [0.05, 0.1) is 7.11 Å². The Hall–Kier alpha value is -1.10. The van der Waals surface area contributed by atoms with E-state index in [1.807, 2.05) is 24.3 Å². The lowest BCUT2D eigenvalue weighted by molar-refractivity contribution is 0.226. The predicted octanol–water partition coefficient (Wildman–Crippen LogP) is 0.600. The van der Waals surface area contributed by atoms with Crippen LogP contribution < -0.4 is 15.8 Å². The van der Waals surface area contributed by atoms with Gasteiger partial charge in [-0.3, -0.25) is 4.90 Å². The van der Waals surface area contributed by atoms with Crippen LogP contribution >= 0.6 is 0 Å². The van der Waals surface area contributed by atoms with Crippen molar-refractivity contribution >= 4 is 0 Å². The van der Waals surface area contributed by atoms with E-state index in [1.54, 1.807) is 7.11 Å². The Morgan fingerprint density at radius 2 is 2.06 bits per heavy atom. The summed E-state index contributed by atoms with van der Waals surface area (Å²) in [5.74, 6) is 0.884. The molecule has 0 spiro atoms. The molecule has 2 rings (SSSR count). The third-order valence-electron chi connectivity index (χ3n) is 3.20. The molecule has 1 aromatic rings. The summed E-state index contributed by atoms with van der Waals surface area (Å²) >= 11 is 0. The molecule has 1 heterocycles. The van der Waals surface area contributed by atoms with Gasteiger partial charge < -0.3 is 15.8 Å². The second-order valence-electron chi connectivity index (χ2n) is 4.40. The van der Waals surface area contributed by atoms with Crippen LogP contribution in [0.15, 0.2) is 24.3 Å². The Balaban J connectivity index is 2.00. The average molecular weight is 235 g/mol. The monoisotopic (exact) mass is 235 g/mol. The van der Waals surface area contributed by atoms with Crippen molar-refractivity contribution in [3.05, 3.63) is 29.8 Å². The normalized spacial score (nSPS) is 18.9. The molecule has 94 valence electrons. The molecule has 17 heavy (non-hydrogen) atoms. The lowest BCUT2D eigenvalue weighted by Gasteiger charge is -2.30. The number of hydrogen-bond acceptors (Lipinski definition) is 4. The largest absolute Gasteiger partial charge is 0.496 e. The number of benzene rings is 1. The Labute approximate surface area is 103 Å². The molecular formula is C13H21N3O. The van der Waals surface area contributed by atoms with Crippen LogP contribution in [0, 0.1) is 0 Å². The van der Waals surface area contributed by atoms with Crippen molar-refractivity contribution in [2.45, 2.75) is 6.04 Å². The molecule has 4 heteroatoms. The van der Waals surface area contributed by atoms with Crippen LogP contribution in [0.1, 0.15) is 11.6 Å². The second-order valence-corrected chi connectivity index (χ2v) is 4.40. The van der Waals surface area contributed by atoms with E-state index in [2.05, 4.69) is 10.2 Å². The second kappa shape index (κ2) is 6.00. The van der Waals surface area contributed by atoms with Gasteiger partial charge in [0, 0.05) is 44.3 Å². The highest BCUT2D eigenvalue weighted by Crippen LogP contribution is 2.23. The third-order valence-corrected chi connectivity index (χ3v) is 3.20. The Bertz CT molecular complexity index is 350. The zero-order chi connectivity index (χ0) is 12.1. The highest BCUT2D eigenvalue weighted by molar-refractivity contribution is 5.35. The summed E-state index contributed by atoms with van der Waals surface area (Å²) in [6.07, 6.45) is 0. The van der Waals surface area contributed by atoms with E-state index in [0.717, 1.165) is 44.0 Å². The third kappa shape index (κ3) is 3.19. The van der Waals surface area contributed by atoms with Gasteiger partial charge in [0.15, 0.2) is 0 Å². The number of ether oxygens (including phenoxy) is 1. The van der Waals surface area contributed by atoms with Crippen molar-refractivity contribution < 1.29 is 4.74 Å². The highest BCUT2D eigenvalue weighted by atomic mass is 16.5. The summed E-state index contributed by atoms with van der Waals surface area (Å²) in [6, 6.07) is 8.01. The fourth-order valence-electron chi connectivity index (χ4n) is 2.24. The van der Waals surface area contributed by atoms with E-state index in [9.17, 15) is 0 Å². The van der Waals surface area contributed by atoms with Crippen LogP contribution in [0.5, 0.6) is 5.75 Å². The maximum Gasteiger partial charge on any atom is 0.123 e. The fraction of sp³-hybridized carbons (Fsp3) is 0.538. The van der Waals surface area contributed by atoms with Crippen LogP contribution in [0.25, 0.3) is 0 Å². The molecule has 0 saturated carbocycles. The number of rotatable bonds is 4. The molecule has 0 bridgehead atoms. The van der Waals surface area contributed by atoms with Gasteiger partial charge >= 0.3 is 0 Å². The lowest BCUT2D eigenvalue weighted by Crippen LogP contribution is -2.45. The molecule has 1 fully saturated rings. The molecule has 0 radical (unpaired) electrons. The van der Waals surface area contributed by atoms with Crippen molar-refractivity contribution in [2.24, 2.45) is 5.73 Å². The van der Waals surface area contributed by atoms with Crippen LogP contribution in [0.4, 0.5) is 0 Å². The molecule has 1 aliphatic heterocycles. The van der Waals surface area contributed by atoms with E-state index >= 15 is 0 Å². The first-order valence-electron chi connectivity index (χ1n) is 6.13. The van der Waals surface area contributed by atoms with E-state index in [-0.39, 0.29) is 6.04 Å². The quantitative estimate of drug-likeness (QED) is 0.802. The minimum atomic E-state index is 0.0178. The van der Waals surface area contributed by atoms with Crippen LogP contribution in [-0.4, -0.2) is 44.7 Å². The first-order chi connectivity index (χ1) is 8.31. The van der Waals surface area contributed by atoms with Gasteiger partial charge in [-0.15, -0.1) is 0 Å². The summed E-state index contributed by atoms with van der Waals surface area (Å²) in [4.78, 5) is 2.40. The molecule has 1 aromatic carbocycles. The Morgan fingerprint density at radius 1 is 1.35 bits per heavy atom. The predicted molar refractivity (Wildman–Crippen MR) is 69.2 cm³/mol. The van der Waals surface area contributed by atoms with Crippen molar-refractivity contribution in [3.8, 4) is 5.75 Å². The zero-order valence-electron chi connectivity index (χ0n) is 10.4. The SMILES string of the molecule is COc1ccccc1C(N)CN1CCNCC1. The molecule has 0 aliphatic carbocycles. The molecule has 1 unspecified atom stereocenters. The van der Waals surface area contributed by atoms with E-state index in [1.165, 1.54) is 0 Å². The van der Waals surface area contributed by atoms with Gasteiger partial charge in [-0.05, 0) is 6.07 Å². The van der Waals surface area contributed by atoms with Gasteiger partial charge in [0.1, 0.15) is 5.75 Å². The summed E-state index contributed by atoms with van der Waals surface area (Å²) in [5.41, 5.74) is 7.35. The average Bonchev–Trinajstić information content (AvgIpc) is 2.40. The van der Waals surface area contributed by atoms with Crippen LogP contribution in [0.3, 0.4) is 0 Å². The van der Waals surface area contributed by atoms with E-state index in [4.69, 9.17) is 10.5 Å². The summed E-state index contributed by atoms with van der Waals surface area (Å²) < 4.78 is 5.34. The molecule has 1 saturated heterocycles. The number of hydrogen-bond donors (Lipinski definition) is 2.